The van der Waals surface area contributed by atoms with E-state index in [1.54, 1.807) is 0 Å². The number of hydrogen-bond acceptors (Lipinski definition) is 3. The SMILES string of the molecule is CNC1C(N2CCC(N(C)C)CC2)CCCC1(C)C. The van der Waals surface area contributed by atoms with Crippen LogP contribution in [0.2, 0.25) is 0 Å². The topological polar surface area (TPSA) is 18.5 Å². The standard InChI is InChI=1S/C16H33N3/c1-16(2)10-6-7-14(15(16)17-3)19-11-8-13(9-12-19)18(4)5/h13-15,17H,6-12H2,1-5H3. The summed E-state index contributed by atoms with van der Waals surface area (Å²) >= 11 is 0. The van der Waals surface area contributed by atoms with E-state index in [0.717, 1.165) is 12.1 Å². The zero-order valence-corrected chi connectivity index (χ0v) is 13.6. The molecule has 2 unspecified atom stereocenters. The van der Waals surface area contributed by atoms with E-state index in [4.69, 9.17) is 0 Å². The Morgan fingerprint density at radius 3 is 2.26 bits per heavy atom. The van der Waals surface area contributed by atoms with Crippen LogP contribution in [0.25, 0.3) is 0 Å². The predicted molar refractivity (Wildman–Crippen MR) is 82.5 cm³/mol. The van der Waals surface area contributed by atoms with Crippen LogP contribution in [-0.4, -0.2) is 62.2 Å². The molecule has 1 N–H and O–H groups in total. The fourth-order valence-electron chi connectivity index (χ4n) is 4.32. The molecule has 0 amide bonds. The van der Waals surface area contributed by atoms with Crippen LogP contribution in [-0.2, 0) is 0 Å². The Morgan fingerprint density at radius 1 is 1.11 bits per heavy atom. The van der Waals surface area contributed by atoms with Gasteiger partial charge in [0.25, 0.3) is 0 Å². The third-order valence-electron chi connectivity index (χ3n) is 5.56. The van der Waals surface area contributed by atoms with Gasteiger partial charge in [-0.2, -0.15) is 0 Å². The second-order valence-electron chi connectivity index (χ2n) is 7.45. The smallest absolute Gasteiger partial charge is 0.0271 e. The van der Waals surface area contributed by atoms with E-state index in [1.165, 1.54) is 45.2 Å². The lowest BCUT2D eigenvalue weighted by Gasteiger charge is -2.50. The summed E-state index contributed by atoms with van der Waals surface area (Å²) < 4.78 is 0. The van der Waals surface area contributed by atoms with Crippen molar-refractivity contribution in [1.82, 2.24) is 15.1 Å². The summed E-state index contributed by atoms with van der Waals surface area (Å²) in [7, 11) is 6.60. The van der Waals surface area contributed by atoms with Crippen molar-refractivity contribution in [2.24, 2.45) is 5.41 Å². The van der Waals surface area contributed by atoms with Crippen molar-refractivity contribution in [2.45, 2.75) is 64.1 Å². The van der Waals surface area contributed by atoms with Crippen LogP contribution in [0.3, 0.4) is 0 Å². The van der Waals surface area contributed by atoms with Crippen molar-refractivity contribution in [1.29, 1.82) is 0 Å². The molecule has 2 fully saturated rings. The van der Waals surface area contributed by atoms with Crippen LogP contribution in [0.1, 0.15) is 46.0 Å². The predicted octanol–water partition coefficient (Wildman–Crippen LogP) is 2.18. The van der Waals surface area contributed by atoms with Gasteiger partial charge in [0.1, 0.15) is 0 Å². The number of likely N-dealkylation sites (tertiary alicyclic amines) is 1. The summed E-state index contributed by atoms with van der Waals surface area (Å²) in [6, 6.07) is 2.19. The van der Waals surface area contributed by atoms with E-state index in [2.05, 4.69) is 50.1 Å². The Balaban J connectivity index is 1.98. The summed E-state index contributed by atoms with van der Waals surface area (Å²) in [4.78, 5) is 5.17. The first-order valence-corrected chi connectivity index (χ1v) is 8.03. The van der Waals surface area contributed by atoms with Gasteiger partial charge in [0.15, 0.2) is 0 Å². The molecular formula is C16H33N3. The lowest BCUT2D eigenvalue weighted by Crippen LogP contribution is -2.60. The molecule has 0 aromatic carbocycles. The van der Waals surface area contributed by atoms with Crippen molar-refractivity contribution in [3.63, 3.8) is 0 Å². The first-order chi connectivity index (χ1) is 8.95. The minimum absolute atomic E-state index is 0.441. The molecule has 0 aromatic rings. The molecule has 0 spiro atoms. The van der Waals surface area contributed by atoms with Crippen LogP contribution < -0.4 is 5.32 Å². The molecule has 1 saturated carbocycles. The molecule has 0 aromatic heterocycles. The second kappa shape index (κ2) is 6.11. The van der Waals surface area contributed by atoms with Crippen LogP contribution in [0.4, 0.5) is 0 Å². The summed E-state index contributed by atoms with van der Waals surface area (Å²) in [6.07, 6.45) is 6.80. The summed E-state index contributed by atoms with van der Waals surface area (Å²) in [5.41, 5.74) is 0.441. The van der Waals surface area contributed by atoms with Crippen LogP contribution in [0, 0.1) is 5.41 Å². The maximum absolute atomic E-state index is 3.62. The van der Waals surface area contributed by atoms with Crippen molar-refractivity contribution < 1.29 is 0 Å². The number of nitrogens with zero attached hydrogens (tertiary/aromatic N) is 2. The lowest BCUT2D eigenvalue weighted by molar-refractivity contribution is 0.0266. The molecule has 1 saturated heterocycles. The van der Waals surface area contributed by atoms with Gasteiger partial charge in [-0.05, 0) is 65.3 Å². The highest BCUT2D eigenvalue weighted by atomic mass is 15.2. The number of piperidine rings is 1. The monoisotopic (exact) mass is 267 g/mol. The molecule has 19 heavy (non-hydrogen) atoms. The molecule has 2 atom stereocenters. The molecule has 2 aliphatic rings. The third kappa shape index (κ3) is 3.32. The number of rotatable bonds is 3. The third-order valence-corrected chi connectivity index (χ3v) is 5.56. The Labute approximate surface area is 119 Å². The second-order valence-corrected chi connectivity index (χ2v) is 7.45. The number of likely N-dealkylation sites (N-methyl/N-ethyl adjacent to an activating group) is 1. The molecule has 1 heterocycles. The van der Waals surface area contributed by atoms with Crippen molar-refractivity contribution in [3.05, 3.63) is 0 Å². The molecule has 3 heteroatoms. The largest absolute Gasteiger partial charge is 0.315 e. The molecule has 1 aliphatic heterocycles. The quantitative estimate of drug-likeness (QED) is 0.845. The van der Waals surface area contributed by atoms with E-state index >= 15 is 0 Å². The molecule has 1 aliphatic carbocycles. The van der Waals surface area contributed by atoms with Crippen LogP contribution in [0.15, 0.2) is 0 Å². The molecule has 2 rings (SSSR count). The maximum atomic E-state index is 3.62. The van der Waals surface area contributed by atoms with Crippen LogP contribution >= 0.6 is 0 Å². The van der Waals surface area contributed by atoms with Gasteiger partial charge >= 0.3 is 0 Å². The Hall–Kier alpha value is -0.120. The van der Waals surface area contributed by atoms with Crippen molar-refractivity contribution in [2.75, 3.05) is 34.2 Å². The molecule has 0 radical (unpaired) electrons. The van der Waals surface area contributed by atoms with Crippen molar-refractivity contribution >= 4 is 0 Å². The average Bonchev–Trinajstić information content (AvgIpc) is 2.37. The fourth-order valence-corrected chi connectivity index (χ4v) is 4.32. The van der Waals surface area contributed by atoms with E-state index in [1.807, 2.05) is 0 Å². The van der Waals surface area contributed by atoms with Crippen LogP contribution in [0.5, 0.6) is 0 Å². The Kier molecular flexibility index (Phi) is 4.91. The van der Waals surface area contributed by atoms with E-state index in [9.17, 15) is 0 Å². The fraction of sp³-hybridized carbons (Fsp3) is 1.00. The lowest BCUT2D eigenvalue weighted by atomic mass is 9.70. The normalized spacial score (nSPS) is 33.8. The number of nitrogens with one attached hydrogen (secondary N) is 1. The van der Waals surface area contributed by atoms with E-state index in [-0.39, 0.29) is 0 Å². The highest BCUT2D eigenvalue weighted by Crippen LogP contribution is 2.38. The first-order valence-electron chi connectivity index (χ1n) is 8.03. The average molecular weight is 267 g/mol. The van der Waals surface area contributed by atoms with Gasteiger partial charge in [0, 0.05) is 18.1 Å². The Bertz CT molecular complexity index is 280. The van der Waals surface area contributed by atoms with Gasteiger partial charge < -0.3 is 10.2 Å². The maximum Gasteiger partial charge on any atom is 0.0271 e. The summed E-state index contributed by atoms with van der Waals surface area (Å²) in [5.74, 6) is 0. The first kappa shape index (κ1) is 15.3. The zero-order valence-electron chi connectivity index (χ0n) is 13.6. The Morgan fingerprint density at radius 2 is 1.74 bits per heavy atom. The summed E-state index contributed by atoms with van der Waals surface area (Å²) in [5, 5.41) is 3.62. The highest BCUT2D eigenvalue weighted by molar-refractivity contribution is 4.98. The minimum atomic E-state index is 0.441. The van der Waals surface area contributed by atoms with Gasteiger partial charge in [-0.3, -0.25) is 4.90 Å². The molecule has 112 valence electrons. The molecule has 3 nitrogen and oxygen atoms in total. The molecule has 0 bridgehead atoms. The minimum Gasteiger partial charge on any atom is -0.315 e. The number of hydrogen-bond donors (Lipinski definition) is 1. The summed E-state index contributed by atoms with van der Waals surface area (Å²) in [6.45, 7) is 7.43. The van der Waals surface area contributed by atoms with E-state index in [0.29, 0.717) is 11.5 Å². The highest BCUT2D eigenvalue weighted by Gasteiger charge is 2.41. The van der Waals surface area contributed by atoms with Gasteiger partial charge in [0.2, 0.25) is 0 Å². The van der Waals surface area contributed by atoms with Crippen molar-refractivity contribution in [3.8, 4) is 0 Å². The van der Waals surface area contributed by atoms with Gasteiger partial charge in [-0.25, -0.2) is 0 Å². The van der Waals surface area contributed by atoms with Gasteiger partial charge in [-0.15, -0.1) is 0 Å². The van der Waals surface area contributed by atoms with Gasteiger partial charge in [0.05, 0.1) is 0 Å². The van der Waals surface area contributed by atoms with Gasteiger partial charge in [-0.1, -0.05) is 20.3 Å². The van der Waals surface area contributed by atoms with E-state index < -0.39 is 0 Å². The molecular weight excluding hydrogens is 234 g/mol. The zero-order chi connectivity index (χ0) is 14.0.